The van der Waals surface area contributed by atoms with Gasteiger partial charge in [-0.25, -0.2) is 0 Å². The molecule has 0 N–H and O–H groups in total. The molecular weight excluding hydrogens is 218 g/mol. The van der Waals surface area contributed by atoms with Crippen molar-refractivity contribution in [3.63, 3.8) is 0 Å². The number of amides is 1. The topological polar surface area (TPSA) is 36.0 Å². The first-order chi connectivity index (χ1) is 8.29. The van der Waals surface area contributed by atoms with Gasteiger partial charge in [0.2, 0.25) is 5.91 Å². The van der Waals surface area contributed by atoms with Gasteiger partial charge in [0.25, 0.3) is 0 Å². The summed E-state index contributed by atoms with van der Waals surface area (Å²) < 4.78 is 5.28. The second kappa shape index (κ2) is 6.33. The first-order valence-corrected chi connectivity index (χ1v) is 6.60. The number of nitrogens with zero attached hydrogens (tertiary/aromatic N) is 3. The highest BCUT2D eigenvalue weighted by Gasteiger charge is 2.22. The number of hydrogen-bond acceptors (Lipinski definition) is 4. The summed E-state index contributed by atoms with van der Waals surface area (Å²) in [6, 6.07) is 0. The summed E-state index contributed by atoms with van der Waals surface area (Å²) in [5.41, 5.74) is 0. The molecule has 2 saturated heterocycles. The van der Waals surface area contributed by atoms with E-state index >= 15 is 0 Å². The van der Waals surface area contributed by atoms with Crippen LogP contribution in [0.15, 0.2) is 0 Å². The van der Waals surface area contributed by atoms with E-state index in [1.165, 1.54) is 0 Å². The van der Waals surface area contributed by atoms with Crippen LogP contribution in [0.5, 0.6) is 0 Å². The molecule has 0 spiro atoms. The van der Waals surface area contributed by atoms with Gasteiger partial charge in [-0.05, 0) is 6.54 Å². The third-order valence-corrected chi connectivity index (χ3v) is 3.63. The Morgan fingerprint density at radius 2 is 1.65 bits per heavy atom. The molecule has 2 aliphatic rings. The summed E-state index contributed by atoms with van der Waals surface area (Å²) >= 11 is 0. The minimum atomic E-state index is 0.280. The number of hydrogen-bond donors (Lipinski definition) is 0. The maximum Gasteiger partial charge on any atom is 0.236 e. The van der Waals surface area contributed by atoms with E-state index in [0.717, 1.165) is 59.0 Å². The second-order valence-electron chi connectivity index (χ2n) is 4.70. The van der Waals surface area contributed by atoms with Crippen LogP contribution in [-0.4, -0.2) is 86.2 Å². The normalized spacial score (nSPS) is 23.9. The van der Waals surface area contributed by atoms with Crippen molar-refractivity contribution in [3.8, 4) is 0 Å². The lowest BCUT2D eigenvalue weighted by molar-refractivity contribution is -0.135. The summed E-state index contributed by atoms with van der Waals surface area (Å²) in [4.78, 5) is 18.7. The minimum absolute atomic E-state index is 0.280. The Bertz CT molecular complexity index is 246. The van der Waals surface area contributed by atoms with Gasteiger partial charge in [0.1, 0.15) is 0 Å². The van der Waals surface area contributed by atoms with Crippen molar-refractivity contribution >= 4 is 5.91 Å². The largest absolute Gasteiger partial charge is 0.379 e. The van der Waals surface area contributed by atoms with E-state index in [2.05, 4.69) is 16.7 Å². The fraction of sp³-hybridized carbons (Fsp3) is 0.917. The SMILES string of the molecule is CCN1CCN(C(=O)CN2CCOCC2)CC1. The highest BCUT2D eigenvalue weighted by atomic mass is 16.5. The molecule has 0 radical (unpaired) electrons. The van der Waals surface area contributed by atoms with Crippen LogP contribution in [0.4, 0.5) is 0 Å². The van der Waals surface area contributed by atoms with Crippen LogP contribution in [0.2, 0.25) is 0 Å². The van der Waals surface area contributed by atoms with Gasteiger partial charge in [0, 0.05) is 39.3 Å². The van der Waals surface area contributed by atoms with E-state index in [-0.39, 0.29) is 5.91 Å². The second-order valence-corrected chi connectivity index (χ2v) is 4.70. The molecule has 2 aliphatic heterocycles. The third-order valence-electron chi connectivity index (χ3n) is 3.63. The van der Waals surface area contributed by atoms with Gasteiger partial charge in [0.05, 0.1) is 19.8 Å². The number of likely N-dealkylation sites (N-methyl/N-ethyl adjacent to an activating group) is 1. The maximum absolute atomic E-state index is 12.1. The summed E-state index contributed by atoms with van der Waals surface area (Å²) in [6.45, 7) is 10.9. The number of rotatable bonds is 3. The molecule has 2 fully saturated rings. The fourth-order valence-corrected chi connectivity index (χ4v) is 2.36. The van der Waals surface area contributed by atoms with E-state index in [1.54, 1.807) is 0 Å². The Balaban J connectivity index is 1.72. The zero-order valence-corrected chi connectivity index (χ0v) is 10.7. The van der Waals surface area contributed by atoms with Crippen molar-refractivity contribution in [1.82, 2.24) is 14.7 Å². The minimum Gasteiger partial charge on any atom is -0.379 e. The van der Waals surface area contributed by atoms with Crippen LogP contribution in [-0.2, 0) is 9.53 Å². The highest BCUT2D eigenvalue weighted by molar-refractivity contribution is 5.78. The van der Waals surface area contributed by atoms with Gasteiger partial charge >= 0.3 is 0 Å². The molecule has 5 nitrogen and oxygen atoms in total. The summed E-state index contributed by atoms with van der Waals surface area (Å²) in [6.07, 6.45) is 0. The van der Waals surface area contributed by atoms with E-state index in [0.29, 0.717) is 6.54 Å². The average Bonchev–Trinajstić information content (AvgIpc) is 2.40. The molecule has 0 bridgehead atoms. The molecule has 0 atom stereocenters. The number of carbonyl (C=O) groups is 1. The van der Waals surface area contributed by atoms with Gasteiger partial charge in [-0.1, -0.05) is 6.92 Å². The molecular formula is C12H23N3O2. The van der Waals surface area contributed by atoms with Crippen LogP contribution in [0.25, 0.3) is 0 Å². The van der Waals surface area contributed by atoms with Gasteiger partial charge in [-0.3, -0.25) is 9.69 Å². The summed E-state index contributed by atoms with van der Waals surface area (Å²) in [5.74, 6) is 0.280. The quantitative estimate of drug-likeness (QED) is 0.666. The molecule has 17 heavy (non-hydrogen) atoms. The zero-order chi connectivity index (χ0) is 12.1. The molecule has 2 heterocycles. The summed E-state index contributed by atoms with van der Waals surface area (Å²) in [7, 11) is 0. The molecule has 5 heteroatoms. The Morgan fingerprint density at radius 1 is 1.00 bits per heavy atom. The van der Waals surface area contributed by atoms with Crippen LogP contribution in [0.1, 0.15) is 6.92 Å². The highest BCUT2D eigenvalue weighted by Crippen LogP contribution is 2.04. The molecule has 1 amide bonds. The van der Waals surface area contributed by atoms with Gasteiger partial charge in [-0.15, -0.1) is 0 Å². The molecule has 0 aliphatic carbocycles. The first kappa shape index (κ1) is 12.8. The van der Waals surface area contributed by atoms with Crippen molar-refractivity contribution in [2.24, 2.45) is 0 Å². The van der Waals surface area contributed by atoms with Crippen LogP contribution in [0, 0.1) is 0 Å². The lowest BCUT2D eigenvalue weighted by Crippen LogP contribution is -2.52. The van der Waals surface area contributed by atoms with Crippen LogP contribution < -0.4 is 0 Å². The monoisotopic (exact) mass is 241 g/mol. The van der Waals surface area contributed by atoms with Gasteiger partial charge in [0.15, 0.2) is 0 Å². The van der Waals surface area contributed by atoms with Crippen molar-refractivity contribution in [3.05, 3.63) is 0 Å². The molecule has 0 aromatic heterocycles. The average molecular weight is 241 g/mol. The van der Waals surface area contributed by atoms with E-state index in [9.17, 15) is 4.79 Å². The molecule has 0 aromatic carbocycles. The predicted octanol–water partition coefficient (Wildman–Crippen LogP) is -0.517. The van der Waals surface area contributed by atoms with Gasteiger partial charge < -0.3 is 14.5 Å². The lowest BCUT2D eigenvalue weighted by atomic mass is 10.3. The van der Waals surface area contributed by atoms with Crippen molar-refractivity contribution in [1.29, 1.82) is 0 Å². The number of piperazine rings is 1. The maximum atomic E-state index is 12.1. The van der Waals surface area contributed by atoms with Crippen molar-refractivity contribution < 1.29 is 9.53 Å². The Kier molecular flexibility index (Phi) is 4.76. The molecule has 2 rings (SSSR count). The number of carbonyl (C=O) groups excluding carboxylic acids is 1. The Morgan fingerprint density at radius 3 is 2.24 bits per heavy atom. The van der Waals surface area contributed by atoms with E-state index in [4.69, 9.17) is 4.74 Å². The number of ether oxygens (including phenoxy) is 1. The zero-order valence-electron chi connectivity index (χ0n) is 10.7. The van der Waals surface area contributed by atoms with Crippen molar-refractivity contribution in [2.75, 3.05) is 65.6 Å². The predicted molar refractivity (Wildman–Crippen MR) is 66.0 cm³/mol. The van der Waals surface area contributed by atoms with E-state index < -0.39 is 0 Å². The van der Waals surface area contributed by atoms with Crippen LogP contribution >= 0.6 is 0 Å². The molecule has 0 saturated carbocycles. The molecule has 0 aromatic rings. The number of morpholine rings is 1. The van der Waals surface area contributed by atoms with Gasteiger partial charge in [-0.2, -0.15) is 0 Å². The third kappa shape index (κ3) is 3.66. The summed E-state index contributed by atoms with van der Waals surface area (Å²) in [5, 5.41) is 0. The molecule has 98 valence electrons. The first-order valence-electron chi connectivity index (χ1n) is 6.60. The Hall–Kier alpha value is -0.650. The van der Waals surface area contributed by atoms with Crippen molar-refractivity contribution in [2.45, 2.75) is 6.92 Å². The van der Waals surface area contributed by atoms with Crippen LogP contribution in [0.3, 0.4) is 0 Å². The smallest absolute Gasteiger partial charge is 0.236 e. The molecule has 0 unspecified atom stereocenters. The van der Waals surface area contributed by atoms with E-state index in [1.807, 2.05) is 4.90 Å². The lowest BCUT2D eigenvalue weighted by Gasteiger charge is -2.35. The standard InChI is InChI=1S/C12H23N3O2/c1-2-13-3-5-15(6-4-13)12(16)11-14-7-9-17-10-8-14/h2-11H2,1H3. The Labute approximate surface area is 103 Å². The fourth-order valence-electron chi connectivity index (χ4n) is 2.36.